The molecule has 134 valence electrons. The van der Waals surface area contributed by atoms with Crippen molar-refractivity contribution in [3.05, 3.63) is 72.3 Å². The van der Waals surface area contributed by atoms with Crippen LogP contribution in [0, 0.1) is 0 Å². The van der Waals surface area contributed by atoms with E-state index in [1.54, 1.807) is 19.2 Å². The van der Waals surface area contributed by atoms with E-state index in [2.05, 4.69) is 9.97 Å². The fourth-order valence-corrected chi connectivity index (χ4v) is 2.86. The number of ether oxygens (including phenoxy) is 1. The SMILES string of the molecule is C[C@H](OC(=O)/C=C/c1nc2ccccc2o1)C(=O)c1c[nH]c2ccccc12. The normalized spacial score (nSPS) is 12.6. The molecule has 27 heavy (non-hydrogen) atoms. The van der Waals surface area contributed by atoms with E-state index in [0.29, 0.717) is 22.6 Å². The van der Waals surface area contributed by atoms with Gasteiger partial charge in [0.25, 0.3) is 0 Å². The number of hydrogen-bond donors (Lipinski definition) is 1. The number of para-hydroxylation sites is 3. The molecule has 0 spiro atoms. The van der Waals surface area contributed by atoms with Gasteiger partial charge >= 0.3 is 5.97 Å². The number of carbonyl (C=O) groups excluding carboxylic acids is 2. The molecule has 1 atom stereocenters. The molecule has 0 aliphatic heterocycles. The molecule has 4 rings (SSSR count). The summed E-state index contributed by atoms with van der Waals surface area (Å²) in [6, 6.07) is 14.8. The van der Waals surface area contributed by atoms with Crippen LogP contribution in [-0.4, -0.2) is 27.8 Å². The molecule has 0 unspecified atom stereocenters. The molecular formula is C21H16N2O4. The van der Waals surface area contributed by atoms with Crippen molar-refractivity contribution in [1.29, 1.82) is 0 Å². The van der Waals surface area contributed by atoms with E-state index >= 15 is 0 Å². The minimum absolute atomic E-state index is 0.268. The molecule has 2 aromatic carbocycles. The lowest BCUT2D eigenvalue weighted by atomic mass is 10.1. The minimum atomic E-state index is -0.912. The second kappa shape index (κ2) is 6.92. The molecule has 0 saturated carbocycles. The Labute approximate surface area is 154 Å². The highest BCUT2D eigenvalue weighted by Gasteiger charge is 2.21. The van der Waals surface area contributed by atoms with Crippen molar-refractivity contribution in [3.8, 4) is 0 Å². The van der Waals surface area contributed by atoms with Gasteiger partial charge in [0.2, 0.25) is 11.7 Å². The number of fused-ring (bicyclic) bond motifs is 2. The number of aromatic amines is 1. The first-order valence-electron chi connectivity index (χ1n) is 8.46. The maximum atomic E-state index is 12.6. The molecule has 0 radical (unpaired) electrons. The standard InChI is InChI=1S/C21H16N2O4/c1-13(21(25)15-12-22-16-7-3-2-6-14(15)16)26-20(24)11-10-19-23-17-8-4-5-9-18(17)27-19/h2-13,22H,1H3/b11-10+/t13-/m0/s1. The Balaban J connectivity index is 1.44. The molecule has 4 aromatic rings. The van der Waals surface area contributed by atoms with E-state index in [1.165, 1.54) is 12.2 Å². The van der Waals surface area contributed by atoms with Crippen molar-refractivity contribution in [3.63, 3.8) is 0 Å². The highest BCUT2D eigenvalue weighted by Crippen LogP contribution is 2.20. The topological polar surface area (TPSA) is 85.2 Å². The molecule has 2 aromatic heterocycles. The average Bonchev–Trinajstić information content (AvgIpc) is 3.29. The lowest BCUT2D eigenvalue weighted by molar-refractivity contribution is -0.140. The van der Waals surface area contributed by atoms with Crippen LogP contribution in [-0.2, 0) is 9.53 Å². The van der Waals surface area contributed by atoms with Gasteiger partial charge < -0.3 is 14.1 Å². The molecule has 2 heterocycles. The lowest BCUT2D eigenvalue weighted by Gasteiger charge is -2.10. The Morgan fingerprint density at radius 3 is 2.78 bits per heavy atom. The van der Waals surface area contributed by atoms with Crippen molar-refractivity contribution in [2.24, 2.45) is 0 Å². The van der Waals surface area contributed by atoms with Crippen LogP contribution in [0.2, 0.25) is 0 Å². The van der Waals surface area contributed by atoms with Crippen LogP contribution in [0.5, 0.6) is 0 Å². The number of benzene rings is 2. The smallest absolute Gasteiger partial charge is 0.331 e. The van der Waals surface area contributed by atoms with Gasteiger partial charge in [0.1, 0.15) is 5.52 Å². The third-order valence-corrected chi connectivity index (χ3v) is 4.19. The summed E-state index contributed by atoms with van der Waals surface area (Å²) in [6.45, 7) is 1.55. The number of nitrogens with zero attached hydrogens (tertiary/aromatic N) is 1. The molecule has 0 aliphatic carbocycles. The summed E-state index contributed by atoms with van der Waals surface area (Å²) in [4.78, 5) is 31.9. The monoisotopic (exact) mass is 360 g/mol. The highest BCUT2D eigenvalue weighted by molar-refractivity contribution is 6.10. The van der Waals surface area contributed by atoms with Crippen LogP contribution in [0.1, 0.15) is 23.2 Å². The van der Waals surface area contributed by atoms with E-state index < -0.39 is 12.1 Å². The van der Waals surface area contributed by atoms with Gasteiger partial charge in [-0.25, -0.2) is 9.78 Å². The molecule has 6 nitrogen and oxygen atoms in total. The maximum Gasteiger partial charge on any atom is 0.331 e. The Bertz CT molecular complexity index is 1140. The summed E-state index contributed by atoms with van der Waals surface area (Å²) < 4.78 is 10.7. The molecule has 1 N–H and O–H groups in total. The lowest BCUT2D eigenvalue weighted by Crippen LogP contribution is -2.23. The highest BCUT2D eigenvalue weighted by atomic mass is 16.5. The first kappa shape index (κ1) is 16.8. The van der Waals surface area contributed by atoms with Gasteiger partial charge in [-0.2, -0.15) is 0 Å². The van der Waals surface area contributed by atoms with Crippen molar-refractivity contribution in [2.45, 2.75) is 13.0 Å². The van der Waals surface area contributed by atoms with Crippen LogP contribution in [0.3, 0.4) is 0 Å². The number of hydrogen-bond acceptors (Lipinski definition) is 5. The Morgan fingerprint density at radius 1 is 1.15 bits per heavy atom. The van der Waals surface area contributed by atoms with Gasteiger partial charge in [0.05, 0.1) is 0 Å². The largest absolute Gasteiger partial charge is 0.451 e. The van der Waals surface area contributed by atoms with Gasteiger partial charge in [0, 0.05) is 34.8 Å². The average molecular weight is 360 g/mol. The maximum absolute atomic E-state index is 12.6. The van der Waals surface area contributed by atoms with Crippen LogP contribution in [0.25, 0.3) is 28.1 Å². The zero-order valence-electron chi connectivity index (χ0n) is 14.5. The fourth-order valence-electron chi connectivity index (χ4n) is 2.86. The summed E-state index contributed by atoms with van der Waals surface area (Å²) in [6.07, 6.45) is 3.34. The molecule has 0 aliphatic rings. The van der Waals surface area contributed by atoms with Crippen molar-refractivity contribution in [1.82, 2.24) is 9.97 Å². The first-order chi connectivity index (χ1) is 13.1. The number of oxazole rings is 1. The molecule has 0 saturated heterocycles. The van der Waals surface area contributed by atoms with Gasteiger partial charge in [-0.3, -0.25) is 4.79 Å². The molecule has 0 bridgehead atoms. The number of ketones is 1. The second-order valence-electron chi connectivity index (χ2n) is 6.04. The number of H-pyrrole nitrogens is 1. The van der Waals surface area contributed by atoms with Gasteiger partial charge in [0.15, 0.2) is 11.7 Å². The predicted molar refractivity (Wildman–Crippen MR) is 101 cm³/mol. The Kier molecular flexibility index (Phi) is 4.30. The van der Waals surface area contributed by atoms with E-state index in [-0.39, 0.29) is 5.78 Å². The molecule has 0 amide bonds. The number of Topliss-reactive ketones (excluding diaryl/α,β-unsaturated/α-hetero) is 1. The van der Waals surface area contributed by atoms with Crippen molar-refractivity contribution >= 4 is 39.8 Å². The van der Waals surface area contributed by atoms with E-state index in [0.717, 1.165) is 10.9 Å². The van der Waals surface area contributed by atoms with Crippen LogP contribution >= 0.6 is 0 Å². The summed E-state index contributed by atoms with van der Waals surface area (Å²) >= 11 is 0. The van der Waals surface area contributed by atoms with E-state index in [4.69, 9.17) is 9.15 Å². The summed E-state index contributed by atoms with van der Waals surface area (Å²) in [7, 11) is 0. The second-order valence-corrected chi connectivity index (χ2v) is 6.04. The van der Waals surface area contributed by atoms with Gasteiger partial charge in [-0.05, 0) is 25.1 Å². The van der Waals surface area contributed by atoms with Crippen LogP contribution in [0.15, 0.2) is 65.2 Å². The summed E-state index contributed by atoms with van der Waals surface area (Å²) in [5.41, 5.74) is 2.69. The van der Waals surface area contributed by atoms with Gasteiger partial charge in [-0.15, -0.1) is 0 Å². The predicted octanol–water partition coefficient (Wildman–Crippen LogP) is 4.14. The number of nitrogens with one attached hydrogen (secondary N) is 1. The van der Waals surface area contributed by atoms with Gasteiger partial charge in [-0.1, -0.05) is 30.3 Å². The number of carbonyl (C=O) groups is 2. The van der Waals surface area contributed by atoms with E-state index in [1.807, 2.05) is 42.5 Å². The quantitative estimate of drug-likeness (QED) is 0.328. The van der Waals surface area contributed by atoms with E-state index in [9.17, 15) is 9.59 Å². The van der Waals surface area contributed by atoms with Crippen LogP contribution in [0.4, 0.5) is 0 Å². The molecular weight excluding hydrogens is 344 g/mol. The zero-order chi connectivity index (χ0) is 18.8. The minimum Gasteiger partial charge on any atom is -0.451 e. The number of aromatic nitrogens is 2. The van der Waals surface area contributed by atoms with Crippen LogP contribution < -0.4 is 0 Å². The third kappa shape index (κ3) is 3.37. The molecule has 6 heteroatoms. The number of rotatable bonds is 5. The summed E-state index contributed by atoms with van der Waals surface area (Å²) in [5, 5.41) is 0.799. The van der Waals surface area contributed by atoms with Crippen molar-refractivity contribution in [2.75, 3.05) is 0 Å². The Morgan fingerprint density at radius 2 is 1.93 bits per heavy atom. The first-order valence-corrected chi connectivity index (χ1v) is 8.46. The summed E-state index contributed by atoms with van der Waals surface area (Å²) in [5.74, 6) is -0.613. The Hall–Kier alpha value is -3.67. The van der Waals surface area contributed by atoms with Crippen molar-refractivity contribution < 1.29 is 18.7 Å². The zero-order valence-corrected chi connectivity index (χ0v) is 14.5. The third-order valence-electron chi connectivity index (χ3n) is 4.19. The fraction of sp³-hybridized carbons (Fsp3) is 0.0952. The number of esters is 1. The molecule has 0 fully saturated rings.